The van der Waals surface area contributed by atoms with Crippen LogP contribution in [0.4, 0.5) is 0 Å². The molecule has 0 aromatic carbocycles. The molecule has 3 heterocycles. The highest BCUT2D eigenvalue weighted by Gasteiger charge is 2.34. The second-order valence-corrected chi connectivity index (χ2v) is 8.73. The van der Waals surface area contributed by atoms with Gasteiger partial charge in [0.15, 0.2) is 16.4 Å². The van der Waals surface area contributed by atoms with Gasteiger partial charge >= 0.3 is 5.97 Å². The normalized spacial score (nSPS) is 18.6. The lowest BCUT2D eigenvalue weighted by Crippen LogP contribution is -2.43. The van der Waals surface area contributed by atoms with Gasteiger partial charge in [0.1, 0.15) is 0 Å². The van der Waals surface area contributed by atoms with E-state index in [0.29, 0.717) is 13.0 Å². The average molecular weight is 395 g/mol. The minimum atomic E-state index is -3.11. The molecule has 1 fully saturated rings. The number of aryl methyl sites for hydroxylation is 2. The van der Waals surface area contributed by atoms with Crippen molar-refractivity contribution in [2.24, 2.45) is 0 Å². The van der Waals surface area contributed by atoms with Gasteiger partial charge in [0.05, 0.1) is 11.5 Å². The Kier molecular flexibility index (Phi) is 5.13. The average Bonchev–Trinajstić information content (AvgIpc) is 3.17. The Balaban J connectivity index is 1.66. The molecule has 10 nitrogen and oxygen atoms in total. The van der Waals surface area contributed by atoms with Gasteiger partial charge in [-0.15, -0.1) is 5.10 Å². The maximum atomic E-state index is 12.4. The molecule has 0 spiro atoms. The highest BCUT2D eigenvalue weighted by atomic mass is 32.2. The maximum absolute atomic E-state index is 12.4. The number of amides is 1. The second kappa shape index (κ2) is 7.22. The molecule has 2 aromatic heterocycles. The van der Waals surface area contributed by atoms with Crippen LogP contribution in [-0.2, 0) is 19.4 Å². The van der Waals surface area contributed by atoms with Crippen LogP contribution in [0.15, 0.2) is 6.07 Å². The van der Waals surface area contributed by atoms with Gasteiger partial charge in [-0.2, -0.15) is 4.98 Å². The molecule has 0 unspecified atom stereocenters. The fourth-order valence-electron chi connectivity index (χ4n) is 3.19. The van der Waals surface area contributed by atoms with E-state index >= 15 is 0 Å². The number of sulfone groups is 1. The number of rotatable bonds is 5. The standard InChI is InChI=1S/C16H21N5O5S/c1-4-20(12-5-6-27(24,25)9-12)13(22)8-26-15(23)14-18-16-17-10(2)7-11(3)21(16)19-14/h7,12H,4-6,8-9H2,1-3H3/t12-/m1/s1. The van der Waals surface area contributed by atoms with Crippen LogP contribution in [0.1, 0.15) is 35.4 Å². The zero-order valence-corrected chi connectivity index (χ0v) is 16.2. The third-order valence-electron chi connectivity index (χ3n) is 4.44. The Morgan fingerprint density at radius 3 is 2.70 bits per heavy atom. The van der Waals surface area contributed by atoms with Crippen molar-refractivity contribution in [1.82, 2.24) is 24.5 Å². The smallest absolute Gasteiger partial charge is 0.378 e. The van der Waals surface area contributed by atoms with E-state index in [4.69, 9.17) is 4.74 Å². The van der Waals surface area contributed by atoms with Crippen LogP contribution in [0.25, 0.3) is 5.78 Å². The number of carbonyl (C=O) groups excluding carboxylic acids is 2. The molecule has 1 atom stereocenters. The largest absolute Gasteiger partial charge is 0.450 e. The first-order valence-electron chi connectivity index (χ1n) is 8.58. The number of fused-ring (bicyclic) bond motifs is 1. The summed E-state index contributed by atoms with van der Waals surface area (Å²) in [5, 5.41) is 4.06. The SMILES string of the molecule is CCN(C(=O)COC(=O)c1nc2nc(C)cc(C)n2n1)[C@@H]1CCS(=O)(=O)C1. The van der Waals surface area contributed by atoms with E-state index in [0.717, 1.165) is 11.4 Å². The summed E-state index contributed by atoms with van der Waals surface area (Å²) < 4.78 is 29.7. The molecular formula is C16H21N5O5S. The molecule has 0 bridgehead atoms. The molecule has 0 radical (unpaired) electrons. The molecule has 1 aliphatic rings. The fraction of sp³-hybridized carbons (Fsp3) is 0.562. The number of likely N-dealkylation sites (N-methyl/N-ethyl adjacent to an activating group) is 1. The summed E-state index contributed by atoms with van der Waals surface area (Å²) in [6, 6.07) is 1.42. The van der Waals surface area contributed by atoms with Crippen molar-refractivity contribution in [3.05, 3.63) is 23.3 Å². The van der Waals surface area contributed by atoms with E-state index < -0.39 is 28.3 Å². The molecule has 27 heavy (non-hydrogen) atoms. The number of nitrogens with zero attached hydrogens (tertiary/aromatic N) is 5. The highest BCUT2D eigenvalue weighted by Crippen LogP contribution is 2.18. The van der Waals surface area contributed by atoms with E-state index in [1.54, 1.807) is 19.9 Å². The lowest BCUT2D eigenvalue weighted by molar-refractivity contribution is -0.136. The third kappa shape index (κ3) is 4.07. The second-order valence-electron chi connectivity index (χ2n) is 6.50. The molecule has 3 rings (SSSR count). The summed E-state index contributed by atoms with van der Waals surface area (Å²) in [4.78, 5) is 34.2. The molecule has 11 heteroatoms. The van der Waals surface area contributed by atoms with Gasteiger partial charge < -0.3 is 9.64 Å². The zero-order chi connectivity index (χ0) is 19.8. The van der Waals surface area contributed by atoms with Gasteiger partial charge in [-0.25, -0.2) is 22.7 Å². The van der Waals surface area contributed by atoms with Crippen molar-refractivity contribution in [2.75, 3.05) is 24.7 Å². The van der Waals surface area contributed by atoms with Crippen LogP contribution in [0.3, 0.4) is 0 Å². The van der Waals surface area contributed by atoms with E-state index in [2.05, 4.69) is 15.1 Å². The highest BCUT2D eigenvalue weighted by molar-refractivity contribution is 7.91. The van der Waals surface area contributed by atoms with E-state index in [1.807, 2.05) is 6.92 Å². The lowest BCUT2D eigenvalue weighted by atomic mass is 10.2. The Labute approximate surface area is 156 Å². The number of hydrogen-bond acceptors (Lipinski definition) is 8. The lowest BCUT2D eigenvalue weighted by Gasteiger charge is -2.26. The van der Waals surface area contributed by atoms with Gasteiger partial charge in [0.25, 0.3) is 17.5 Å². The van der Waals surface area contributed by atoms with Gasteiger partial charge in [0.2, 0.25) is 0 Å². The van der Waals surface area contributed by atoms with Crippen molar-refractivity contribution in [1.29, 1.82) is 0 Å². The molecule has 1 amide bonds. The molecule has 2 aromatic rings. The number of carbonyl (C=O) groups is 2. The van der Waals surface area contributed by atoms with Crippen molar-refractivity contribution in [3.8, 4) is 0 Å². The zero-order valence-electron chi connectivity index (χ0n) is 15.4. The van der Waals surface area contributed by atoms with E-state index in [-0.39, 0.29) is 29.1 Å². The quantitative estimate of drug-likeness (QED) is 0.645. The minimum Gasteiger partial charge on any atom is -0.450 e. The molecule has 0 aliphatic carbocycles. The monoisotopic (exact) mass is 395 g/mol. The van der Waals surface area contributed by atoms with Crippen molar-refractivity contribution >= 4 is 27.5 Å². The van der Waals surface area contributed by atoms with Crippen LogP contribution >= 0.6 is 0 Å². The Morgan fingerprint density at radius 1 is 1.33 bits per heavy atom. The first-order valence-corrected chi connectivity index (χ1v) is 10.4. The Bertz CT molecular complexity index is 1000. The summed E-state index contributed by atoms with van der Waals surface area (Å²) in [6.45, 7) is 5.21. The number of esters is 1. The fourth-order valence-corrected chi connectivity index (χ4v) is 4.92. The first-order chi connectivity index (χ1) is 12.7. The molecule has 0 saturated carbocycles. The minimum absolute atomic E-state index is 0.0567. The van der Waals surface area contributed by atoms with Gasteiger partial charge in [-0.1, -0.05) is 0 Å². The van der Waals surface area contributed by atoms with E-state index in [9.17, 15) is 18.0 Å². The number of hydrogen-bond donors (Lipinski definition) is 0. The van der Waals surface area contributed by atoms with Crippen molar-refractivity contribution < 1.29 is 22.7 Å². The van der Waals surface area contributed by atoms with Crippen molar-refractivity contribution in [3.63, 3.8) is 0 Å². The number of ether oxygens (including phenoxy) is 1. The molecule has 1 aliphatic heterocycles. The van der Waals surface area contributed by atoms with Crippen LogP contribution < -0.4 is 0 Å². The van der Waals surface area contributed by atoms with Crippen molar-refractivity contribution in [2.45, 2.75) is 33.2 Å². The maximum Gasteiger partial charge on any atom is 0.378 e. The van der Waals surface area contributed by atoms with Crippen LogP contribution in [0, 0.1) is 13.8 Å². The van der Waals surface area contributed by atoms with E-state index in [1.165, 1.54) is 9.42 Å². The summed E-state index contributed by atoms with van der Waals surface area (Å²) >= 11 is 0. The van der Waals surface area contributed by atoms with Gasteiger partial charge in [-0.05, 0) is 33.3 Å². The van der Waals surface area contributed by atoms with Gasteiger partial charge in [-0.3, -0.25) is 4.79 Å². The molecular weight excluding hydrogens is 374 g/mol. The Morgan fingerprint density at radius 2 is 2.07 bits per heavy atom. The topological polar surface area (TPSA) is 124 Å². The van der Waals surface area contributed by atoms with Crippen LogP contribution in [0.2, 0.25) is 0 Å². The van der Waals surface area contributed by atoms with Gasteiger partial charge in [0, 0.05) is 24.0 Å². The number of aromatic nitrogens is 4. The first kappa shape index (κ1) is 19.2. The Hall–Kier alpha value is -2.56. The molecule has 0 N–H and O–H groups in total. The predicted octanol–water partition coefficient (Wildman–Crippen LogP) is -0.0665. The van der Waals surface area contributed by atoms with Crippen LogP contribution in [-0.4, -0.2) is 75.5 Å². The van der Waals surface area contributed by atoms with Crippen LogP contribution in [0.5, 0.6) is 0 Å². The molecule has 146 valence electrons. The summed E-state index contributed by atoms with van der Waals surface area (Å²) in [5.41, 5.74) is 1.51. The third-order valence-corrected chi connectivity index (χ3v) is 6.19. The summed E-state index contributed by atoms with van der Waals surface area (Å²) in [7, 11) is -3.11. The molecule has 1 saturated heterocycles. The summed E-state index contributed by atoms with van der Waals surface area (Å²) in [6.07, 6.45) is 0.397. The predicted molar refractivity (Wildman–Crippen MR) is 95.0 cm³/mol. The summed E-state index contributed by atoms with van der Waals surface area (Å²) in [5.74, 6) is -1.17.